The van der Waals surface area contributed by atoms with E-state index >= 15 is 0 Å². The molecule has 0 spiro atoms. The zero-order chi connectivity index (χ0) is 20.6. The highest BCUT2D eigenvalue weighted by Gasteiger charge is 2.09. The van der Waals surface area contributed by atoms with Crippen LogP contribution in [0.25, 0.3) is 0 Å². The van der Waals surface area contributed by atoms with Crippen molar-refractivity contribution in [3.63, 3.8) is 0 Å². The summed E-state index contributed by atoms with van der Waals surface area (Å²) in [6.45, 7) is 9.54. The lowest BCUT2D eigenvalue weighted by atomic mass is 10.1. The molecule has 1 aromatic heterocycles. The minimum atomic E-state index is -0.153. The lowest BCUT2D eigenvalue weighted by Gasteiger charge is -2.18. The Hall–Kier alpha value is -2.70. The minimum absolute atomic E-state index is 0.153. The summed E-state index contributed by atoms with van der Waals surface area (Å²) >= 11 is 1.60. The Balaban J connectivity index is 1.63. The van der Waals surface area contributed by atoms with Gasteiger partial charge in [0.15, 0.2) is 0 Å². The highest BCUT2D eigenvalue weighted by atomic mass is 32.1. The Morgan fingerprint density at radius 3 is 2.66 bits per heavy atom. The number of hydrogen-bond acceptors (Lipinski definition) is 5. The quantitative estimate of drug-likeness (QED) is 0.533. The molecule has 5 nitrogen and oxygen atoms in total. The Bertz CT molecular complexity index is 951. The maximum absolute atomic E-state index is 12.7. The van der Waals surface area contributed by atoms with Crippen LogP contribution < -0.4 is 10.1 Å². The van der Waals surface area contributed by atoms with Crippen LogP contribution in [0.5, 0.6) is 5.75 Å². The van der Waals surface area contributed by atoms with Gasteiger partial charge in [0, 0.05) is 23.2 Å². The van der Waals surface area contributed by atoms with E-state index in [0.29, 0.717) is 17.9 Å². The largest absolute Gasteiger partial charge is 0.487 e. The standard InChI is InChI=1S/C23H27N3O2S/c1-4-26(5-2)14-18-8-6-10-20(12-18)25-23(27)19-9-7-11-22(13-19)28-15-21-16-29-17(3)24-21/h6-13,16H,4-5,14-15H2,1-3H3,(H,25,27). The Morgan fingerprint density at radius 1 is 1.14 bits per heavy atom. The topological polar surface area (TPSA) is 54.5 Å². The van der Waals surface area contributed by atoms with Gasteiger partial charge < -0.3 is 10.1 Å². The molecule has 0 radical (unpaired) electrons. The number of ether oxygens (including phenoxy) is 1. The van der Waals surface area contributed by atoms with Crippen molar-refractivity contribution >= 4 is 22.9 Å². The summed E-state index contributed by atoms with van der Waals surface area (Å²) in [6, 6.07) is 15.2. The van der Waals surface area contributed by atoms with E-state index in [-0.39, 0.29) is 5.91 Å². The van der Waals surface area contributed by atoms with Gasteiger partial charge in [-0.1, -0.05) is 32.0 Å². The lowest BCUT2D eigenvalue weighted by molar-refractivity contribution is 0.102. The molecule has 3 rings (SSSR count). The molecule has 0 bridgehead atoms. The molecule has 0 saturated heterocycles. The van der Waals surface area contributed by atoms with Crippen molar-refractivity contribution in [3.05, 3.63) is 75.7 Å². The summed E-state index contributed by atoms with van der Waals surface area (Å²) in [7, 11) is 0. The zero-order valence-electron chi connectivity index (χ0n) is 17.1. The number of hydrogen-bond donors (Lipinski definition) is 1. The predicted octanol–water partition coefficient (Wildman–Crippen LogP) is 5.12. The molecule has 6 heteroatoms. The Morgan fingerprint density at radius 2 is 1.93 bits per heavy atom. The molecule has 1 heterocycles. The summed E-state index contributed by atoms with van der Waals surface area (Å²) < 4.78 is 5.79. The van der Waals surface area contributed by atoms with Crippen LogP contribution in [0.3, 0.4) is 0 Å². The second-order valence-electron chi connectivity index (χ2n) is 6.79. The molecule has 0 fully saturated rings. The van der Waals surface area contributed by atoms with Crippen molar-refractivity contribution in [2.24, 2.45) is 0 Å². The van der Waals surface area contributed by atoms with Gasteiger partial charge >= 0.3 is 0 Å². The van der Waals surface area contributed by atoms with Crippen LogP contribution in [-0.2, 0) is 13.2 Å². The van der Waals surface area contributed by atoms with Gasteiger partial charge in [-0.15, -0.1) is 11.3 Å². The third-order valence-corrected chi connectivity index (χ3v) is 5.46. The summed E-state index contributed by atoms with van der Waals surface area (Å²) in [5, 5.41) is 5.99. The highest BCUT2D eigenvalue weighted by molar-refractivity contribution is 7.09. The molecule has 1 N–H and O–H groups in total. The van der Waals surface area contributed by atoms with Crippen LogP contribution in [-0.4, -0.2) is 28.9 Å². The molecule has 0 atom stereocenters. The minimum Gasteiger partial charge on any atom is -0.487 e. The SMILES string of the molecule is CCN(CC)Cc1cccc(NC(=O)c2cccc(OCc3csc(C)n3)c2)c1. The first-order valence-electron chi connectivity index (χ1n) is 9.84. The maximum atomic E-state index is 12.7. The number of aromatic nitrogens is 1. The number of aryl methyl sites for hydroxylation is 1. The van der Waals surface area contributed by atoms with Crippen LogP contribution in [0.15, 0.2) is 53.9 Å². The van der Waals surface area contributed by atoms with Gasteiger partial charge in [0.1, 0.15) is 12.4 Å². The van der Waals surface area contributed by atoms with Crippen LogP contribution in [0, 0.1) is 6.92 Å². The van der Waals surface area contributed by atoms with Crippen molar-refractivity contribution in [2.75, 3.05) is 18.4 Å². The first kappa shape index (κ1) is 21.0. The van der Waals surface area contributed by atoms with Gasteiger partial charge in [0.05, 0.1) is 10.7 Å². The smallest absolute Gasteiger partial charge is 0.255 e. The molecule has 0 aliphatic carbocycles. The predicted molar refractivity (Wildman–Crippen MR) is 119 cm³/mol. The van der Waals surface area contributed by atoms with Crippen LogP contribution in [0.2, 0.25) is 0 Å². The van der Waals surface area contributed by atoms with E-state index in [4.69, 9.17) is 4.74 Å². The molecule has 0 aliphatic heterocycles. The first-order valence-corrected chi connectivity index (χ1v) is 10.7. The molecular formula is C23H27N3O2S. The van der Waals surface area contributed by atoms with Crippen molar-refractivity contribution in [1.29, 1.82) is 0 Å². The second-order valence-corrected chi connectivity index (χ2v) is 7.85. The lowest BCUT2D eigenvalue weighted by Crippen LogP contribution is -2.22. The molecule has 1 amide bonds. The summed E-state index contributed by atoms with van der Waals surface area (Å²) in [6.07, 6.45) is 0. The van der Waals surface area contributed by atoms with Gasteiger partial charge in [-0.3, -0.25) is 9.69 Å². The van der Waals surface area contributed by atoms with Crippen LogP contribution >= 0.6 is 11.3 Å². The monoisotopic (exact) mass is 409 g/mol. The molecule has 29 heavy (non-hydrogen) atoms. The van der Waals surface area contributed by atoms with Crippen LogP contribution in [0.4, 0.5) is 5.69 Å². The van der Waals surface area contributed by atoms with Crippen molar-refractivity contribution in [1.82, 2.24) is 9.88 Å². The van der Waals surface area contributed by atoms with Gasteiger partial charge in [-0.2, -0.15) is 0 Å². The van der Waals surface area contributed by atoms with Gasteiger partial charge in [0.2, 0.25) is 0 Å². The van der Waals surface area contributed by atoms with E-state index in [9.17, 15) is 4.79 Å². The first-order chi connectivity index (χ1) is 14.1. The van der Waals surface area contributed by atoms with Gasteiger partial charge in [-0.05, 0) is 55.9 Å². The number of nitrogens with one attached hydrogen (secondary N) is 1. The summed E-state index contributed by atoms with van der Waals surface area (Å²) in [5.41, 5.74) is 3.43. The van der Waals surface area contributed by atoms with E-state index in [2.05, 4.69) is 35.1 Å². The fourth-order valence-corrected chi connectivity index (χ4v) is 3.61. The van der Waals surface area contributed by atoms with Gasteiger partial charge in [0.25, 0.3) is 5.91 Å². The number of carbonyl (C=O) groups excluding carboxylic acids is 1. The van der Waals surface area contributed by atoms with E-state index in [0.717, 1.165) is 36.0 Å². The maximum Gasteiger partial charge on any atom is 0.255 e. The Kier molecular flexibility index (Phi) is 7.38. The van der Waals surface area contributed by atoms with E-state index in [1.54, 1.807) is 23.5 Å². The number of anilines is 1. The highest BCUT2D eigenvalue weighted by Crippen LogP contribution is 2.18. The average molecular weight is 410 g/mol. The van der Waals surface area contributed by atoms with E-state index < -0.39 is 0 Å². The number of benzene rings is 2. The summed E-state index contributed by atoms with van der Waals surface area (Å²) in [4.78, 5) is 19.4. The molecule has 0 aliphatic rings. The molecule has 2 aromatic carbocycles. The van der Waals surface area contributed by atoms with E-state index in [1.807, 2.05) is 42.6 Å². The summed E-state index contributed by atoms with van der Waals surface area (Å²) in [5.74, 6) is 0.499. The fraction of sp³-hybridized carbons (Fsp3) is 0.304. The van der Waals surface area contributed by atoms with Crippen molar-refractivity contribution < 1.29 is 9.53 Å². The number of thiazole rings is 1. The number of carbonyl (C=O) groups is 1. The third kappa shape index (κ3) is 6.14. The molecule has 3 aromatic rings. The number of rotatable bonds is 9. The van der Waals surface area contributed by atoms with Crippen LogP contribution in [0.1, 0.15) is 40.5 Å². The average Bonchev–Trinajstić information content (AvgIpc) is 3.16. The van der Waals surface area contributed by atoms with E-state index in [1.165, 1.54) is 5.56 Å². The number of amides is 1. The molecule has 0 unspecified atom stereocenters. The third-order valence-electron chi connectivity index (χ3n) is 4.63. The van der Waals surface area contributed by atoms with Crippen molar-refractivity contribution in [3.8, 4) is 5.75 Å². The normalized spacial score (nSPS) is 10.9. The zero-order valence-corrected chi connectivity index (χ0v) is 18.0. The number of nitrogens with zero attached hydrogens (tertiary/aromatic N) is 2. The molecule has 152 valence electrons. The second kappa shape index (κ2) is 10.2. The Labute approximate surface area is 176 Å². The van der Waals surface area contributed by atoms with Crippen molar-refractivity contribution in [2.45, 2.75) is 33.9 Å². The van der Waals surface area contributed by atoms with Gasteiger partial charge in [-0.25, -0.2) is 4.98 Å². The molecular weight excluding hydrogens is 382 g/mol. The fourth-order valence-electron chi connectivity index (χ4n) is 3.02. The molecule has 0 saturated carbocycles.